The Morgan fingerprint density at radius 1 is 1.06 bits per heavy atom. The van der Waals surface area contributed by atoms with Gasteiger partial charge in [-0.1, -0.05) is 12.1 Å². The molecule has 2 heteroatoms. The molecular weight excluding hydrogens is 212 g/mol. The normalized spacial score (nSPS) is 13.8. The highest BCUT2D eigenvalue weighted by Gasteiger charge is 2.16. The van der Waals surface area contributed by atoms with Crippen LogP contribution in [0.1, 0.15) is 49.1 Å². The Balaban J connectivity index is 2.82. The molecule has 0 radical (unpaired) electrons. The van der Waals surface area contributed by atoms with Gasteiger partial charge in [-0.05, 0) is 63.8 Å². The van der Waals surface area contributed by atoms with E-state index in [1.165, 1.54) is 11.1 Å². The van der Waals surface area contributed by atoms with E-state index in [0.717, 1.165) is 11.1 Å². The molecule has 96 valence electrons. The lowest BCUT2D eigenvalue weighted by Crippen LogP contribution is -2.23. The van der Waals surface area contributed by atoms with Gasteiger partial charge in [-0.25, -0.2) is 0 Å². The SMILES string of the molecule is Cc1cc(C)c(C(O)COC(C)(C)C)cc1C. The van der Waals surface area contributed by atoms with Crippen LogP contribution in [0.15, 0.2) is 12.1 Å². The molecule has 1 atom stereocenters. The molecule has 1 aromatic rings. The largest absolute Gasteiger partial charge is 0.386 e. The maximum absolute atomic E-state index is 10.2. The topological polar surface area (TPSA) is 29.5 Å². The van der Waals surface area contributed by atoms with E-state index in [4.69, 9.17) is 4.74 Å². The number of hydrogen-bond donors (Lipinski definition) is 1. The number of benzene rings is 1. The van der Waals surface area contributed by atoms with Crippen LogP contribution >= 0.6 is 0 Å². The molecule has 0 bridgehead atoms. The number of aliphatic hydroxyl groups excluding tert-OH is 1. The summed E-state index contributed by atoms with van der Waals surface area (Å²) in [7, 11) is 0. The van der Waals surface area contributed by atoms with Crippen molar-refractivity contribution in [1.29, 1.82) is 0 Å². The molecule has 2 nitrogen and oxygen atoms in total. The van der Waals surface area contributed by atoms with E-state index in [2.05, 4.69) is 26.0 Å². The highest BCUT2D eigenvalue weighted by molar-refractivity contribution is 5.37. The number of aryl methyl sites for hydroxylation is 3. The third kappa shape index (κ3) is 4.14. The highest BCUT2D eigenvalue weighted by Crippen LogP contribution is 2.23. The van der Waals surface area contributed by atoms with Crippen LogP contribution in [0.3, 0.4) is 0 Å². The van der Waals surface area contributed by atoms with Gasteiger partial charge in [0.05, 0.1) is 12.2 Å². The minimum Gasteiger partial charge on any atom is -0.386 e. The second-order valence-corrected chi connectivity index (χ2v) is 5.73. The molecule has 0 amide bonds. The zero-order chi connectivity index (χ0) is 13.2. The predicted molar refractivity (Wildman–Crippen MR) is 71.3 cm³/mol. The standard InChI is InChI=1S/C15H24O2/c1-10-7-12(3)13(8-11(10)2)14(16)9-17-15(4,5)6/h7-8,14,16H,9H2,1-6H3. The first-order valence-electron chi connectivity index (χ1n) is 6.10. The Hall–Kier alpha value is -0.860. The van der Waals surface area contributed by atoms with Crippen LogP contribution in [-0.4, -0.2) is 17.3 Å². The fourth-order valence-corrected chi connectivity index (χ4v) is 1.76. The fraction of sp³-hybridized carbons (Fsp3) is 0.600. The maximum atomic E-state index is 10.2. The molecule has 0 fully saturated rings. The van der Waals surface area contributed by atoms with E-state index in [-0.39, 0.29) is 5.60 Å². The summed E-state index contributed by atoms with van der Waals surface area (Å²) in [6, 6.07) is 4.17. The molecule has 0 aliphatic rings. The Morgan fingerprint density at radius 2 is 1.59 bits per heavy atom. The van der Waals surface area contributed by atoms with Gasteiger partial charge in [0, 0.05) is 0 Å². The fourth-order valence-electron chi connectivity index (χ4n) is 1.76. The van der Waals surface area contributed by atoms with Crippen LogP contribution in [-0.2, 0) is 4.74 Å². The van der Waals surface area contributed by atoms with E-state index >= 15 is 0 Å². The molecule has 1 N–H and O–H groups in total. The van der Waals surface area contributed by atoms with Crippen LogP contribution < -0.4 is 0 Å². The molecule has 1 unspecified atom stereocenters. The van der Waals surface area contributed by atoms with Crippen molar-refractivity contribution in [2.24, 2.45) is 0 Å². The Labute approximate surface area is 105 Å². The number of ether oxygens (including phenoxy) is 1. The Morgan fingerprint density at radius 3 is 2.12 bits per heavy atom. The van der Waals surface area contributed by atoms with Crippen LogP contribution in [0.4, 0.5) is 0 Å². The molecule has 0 aliphatic carbocycles. The number of rotatable bonds is 3. The third-order valence-electron chi connectivity index (χ3n) is 2.92. The van der Waals surface area contributed by atoms with Gasteiger partial charge < -0.3 is 9.84 Å². The van der Waals surface area contributed by atoms with Crippen LogP contribution in [0.25, 0.3) is 0 Å². The van der Waals surface area contributed by atoms with Crippen molar-refractivity contribution in [2.75, 3.05) is 6.61 Å². The van der Waals surface area contributed by atoms with Crippen LogP contribution in [0.5, 0.6) is 0 Å². The van der Waals surface area contributed by atoms with E-state index < -0.39 is 6.10 Å². The lowest BCUT2D eigenvalue weighted by atomic mass is 9.97. The van der Waals surface area contributed by atoms with Gasteiger partial charge >= 0.3 is 0 Å². The molecule has 0 spiro atoms. The van der Waals surface area contributed by atoms with Crippen LogP contribution in [0, 0.1) is 20.8 Å². The number of aliphatic hydroxyl groups is 1. The van der Waals surface area contributed by atoms with Crippen molar-refractivity contribution in [3.8, 4) is 0 Å². The van der Waals surface area contributed by atoms with Gasteiger partial charge in [-0.2, -0.15) is 0 Å². The van der Waals surface area contributed by atoms with Gasteiger partial charge in [-0.15, -0.1) is 0 Å². The summed E-state index contributed by atoms with van der Waals surface area (Å²) in [6.45, 7) is 12.5. The summed E-state index contributed by atoms with van der Waals surface area (Å²) >= 11 is 0. The van der Waals surface area contributed by atoms with Crippen molar-refractivity contribution in [1.82, 2.24) is 0 Å². The minimum absolute atomic E-state index is 0.214. The van der Waals surface area contributed by atoms with Crippen LogP contribution in [0.2, 0.25) is 0 Å². The second-order valence-electron chi connectivity index (χ2n) is 5.73. The Bertz CT molecular complexity index is 389. The zero-order valence-corrected chi connectivity index (χ0v) is 11.8. The summed E-state index contributed by atoms with van der Waals surface area (Å²) in [5, 5.41) is 10.2. The number of hydrogen-bond acceptors (Lipinski definition) is 2. The molecule has 0 saturated carbocycles. The predicted octanol–water partition coefficient (Wildman–Crippen LogP) is 3.46. The van der Waals surface area contributed by atoms with E-state index in [0.29, 0.717) is 6.61 Å². The van der Waals surface area contributed by atoms with E-state index in [1.807, 2.05) is 27.7 Å². The lowest BCUT2D eigenvalue weighted by molar-refractivity contribution is -0.0497. The quantitative estimate of drug-likeness (QED) is 0.871. The first-order valence-corrected chi connectivity index (χ1v) is 6.10. The van der Waals surface area contributed by atoms with Crippen molar-refractivity contribution in [3.05, 3.63) is 34.4 Å². The van der Waals surface area contributed by atoms with E-state index in [1.54, 1.807) is 0 Å². The monoisotopic (exact) mass is 236 g/mol. The smallest absolute Gasteiger partial charge is 0.103 e. The van der Waals surface area contributed by atoms with Crippen molar-refractivity contribution < 1.29 is 9.84 Å². The molecule has 0 heterocycles. The van der Waals surface area contributed by atoms with Gasteiger partial charge in [-0.3, -0.25) is 0 Å². The van der Waals surface area contributed by atoms with Gasteiger partial charge in [0.15, 0.2) is 0 Å². The van der Waals surface area contributed by atoms with Crippen molar-refractivity contribution in [3.63, 3.8) is 0 Å². The van der Waals surface area contributed by atoms with E-state index in [9.17, 15) is 5.11 Å². The molecule has 0 aliphatic heterocycles. The molecule has 0 aromatic heterocycles. The second kappa shape index (κ2) is 5.19. The van der Waals surface area contributed by atoms with Gasteiger partial charge in [0.2, 0.25) is 0 Å². The van der Waals surface area contributed by atoms with Gasteiger partial charge in [0.1, 0.15) is 6.10 Å². The maximum Gasteiger partial charge on any atom is 0.103 e. The first kappa shape index (κ1) is 14.2. The summed E-state index contributed by atoms with van der Waals surface area (Å²) in [6.07, 6.45) is -0.548. The summed E-state index contributed by atoms with van der Waals surface area (Å²) in [5.41, 5.74) is 4.35. The molecule has 1 aromatic carbocycles. The first-order chi connectivity index (χ1) is 7.70. The molecule has 17 heavy (non-hydrogen) atoms. The summed E-state index contributed by atoms with van der Waals surface area (Å²) < 4.78 is 5.62. The highest BCUT2D eigenvalue weighted by atomic mass is 16.5. The molecular formula is C15H24O2. The molecule has 0 saturated heterocycles. The average molecular weight is 236 g/mol. The molecule has 1 rings (SSSR count). The minimum atomic E-state index is -0.548. The Kier molecular flexibility index (Phi) is 4.34. The van der Waals surface area contributed by atoms with Crippen molar-refractivity contribution >= 4 is 0 Å². The summed E-state index contributed by atoms with van der Waals surface area (Å²) in [5.74, 6) is 0. The zero-order valence-electron chi connectivity index (χ0n) is 11.8. The van der Waals surface area contributed by atoms with Crippen molar-refractivity contribution in [2.45, 2.75) is 53.2 Å². The summed E-state index contributed by atoms with van der Waals surface area (Å²) in [4.78, 5) is 0. The lowest BCUT2D eigenvalue weighted by Gasteiger charge is -2.23. The third-order valence-corrected chi connectivity index (χ3v) is 2.92. The average Bonchev–Trinajstić information content (AvgIpc) is 2.19. The van der Waals surface area contributed by atoms with Gasteiger partial charge in [0.25, 0.3) is 0 Å².